The first kappa shape index (κ1) is 22.6. The topological polar surface area (TPSA) is 78.7 Å². The number of benzene rings is 1. The summed E-state index contributed by atoms with van der Waals surface area (Å²) in [6.45, 7) is 10.9. The lowest BCUT2D eigenvalue weighted by atomic mass is 9.95. The second-order valence-corrected chi connectivity index (χ2v) is 7.03. The largest absolute Gasteiger partial charge is 0.360 e. The molecule has 7 nitrogen and oxygen atoms in total. The molecule has 2 aromatic rings. The van der Waals surface area contributed by atoms with E-state index in [4.69, 9.17) is 4.52 Å². The van der Waals surface area contributed by atoms with Crippen molar-refractivity contribution in [2.45, 2.75) is 40.0 Å². The molecule has 0 unspecified atom stereocenters. The molecule has 1 atom stereocenters. The Morgan fingerprint density at radius 3 is 2.34 bits per heavy atom. The highest BCUT2D eigenvalue weighted by Gasteiger charge is 2.26. The van der Waals surface area contributed by atoms with E-state index in [2.05, 4.69) is 29.2 Å². The Balaban J connectivity index is 2.13. The Labute approximate surface area is 173 Å². The van der Waals surface area contributed by atoms with Crippen molar-refractivity contribution < 1.29 is 14.1 Å². The van der Waals surface area contributed by atoms with Gasteiger partial charge in [0.05, 0.1) is 12.5 Å². The molecule has 1 N–H and O–H groups in total. The molecule has 2 amide bonds. The molecule has 0 radical (unpaired) electrons. The molecular formula is C22H32N4O3. The van der Waals surface area contributed by atoms with Crippen LogP contribution in [-0.4, -0.2) is 59.5 Å². The van der Waals surface area contributed by atoms with E-state index >= 15 is 0 Å². The molecule has 0 spiro atoms. The van der Waals surface area contributed by atoms with Crippen LogP contribution in [-0.2, 0) is 9.59 Å². The number of anilines is 1. The number of hydrogen-bond acceptors (Lipinski definition) is 5. The Bertz CT molecular complexity index is 771. The van der Waals surface area contributed by atoms with E-state index in [9.17, 15) is 9.59 Å². The molecule has 1 aromatic carbocycles. The summed E-state index contributed by atoms with van der Waals surface area (Å²) in [5, 5.41) is 6.50. The molecule has 7 heteroatoms. The molecule has 0 aliphatic heterocycles. The Kier molecular flexibility index (Phi) is 8.86. The van der Waals surface area contributed by atoms with E-state index in [1.807, 2.05) is 37.3 Å². The highest BCUT2D eigenvalue weighted by Crippen LogP contribution is 2.22. The summed E-state index contributed by atoms with van der Waals surface area (Å²) >= 11 is 0. The lowest BCUT2D eigenvalue weighted by Crippen LogP contribution is -2.44. The summed E-state index contributed by atoms with van der Waals surface area (Å²) in [7, 11) is 0. The minimum atomic E-state index is -0.283. The third-order valence-corrected chi connectivity index (χ3v) is 5.03. The van der Waals surface area contributed by atoms with E-state index < -0.39 is 0 Å². The van der Waals surface area contributed by atoms with E-state index in [-0.39, 0.29) is 24.3 Å². The summed E-state index contributed by atoms with van der Waals surface area (Å²) in [5.74, 6) is 0.394. The lowest BCUT2D eigenvalue weighted by Gasteiger charge is -2.29. The fourth-order valence-electron chi connectivity index (χ4n) is 3.31. The van der Waals surface area contributed by atoms with Gasteiger partial charge in [-0.1, -0.05) is 56.3 Å². The number of carbonyl (C=O) groups is 2. The van der Waals surface area contributed by atoms with E-state index in [1.165, 1.54) is 0 Å². The third-order valence-electron chi connectivity index (χ3n) is 5.03. The van der Waals surface area contributed by atoms with Gasteiger partial charge in [0.2, 0.25) is 11.8 Å². The van der Waals surface area contributed by atoms with E-state index in [0.717, 1.165) is 25.2 Å². The summed E-state index contributed by atoms with van der Waals surface area (Å²) < 4.78 is 4.99. The number of rotatable bonds is 11. The molecule has 1 heterocycles. The van der Waals surface area contributed by atoms with Crippen LogP contribution < -0.4 is 5.32 Å². The number of likely N-dealkylation sites (N-methyl/N-ethyl adjacent to an activating group) is 1. The van der Waals surface area contributed by atoms with Gasteiger partial charge in [0, 0.05) is 19.2 Å². The normalized spacial score (nSPS) is 12.0. The molecule has 0 fully saturated rings. The Hall–Kier alpha value is -2.67. The van der Waals surface area contributed by atoms with Gasteiger partial charge in [-0.15, -0.1) is 0 Å². The monoisotopic (exact) mass is 400 g/mol. The van der Waals surface area contributed by atoms with E-state index in [0.29, 0.717) is 24.5 Å². The highest BCUT2D eigenvalue weighted by molar-refractivity contribution is 5.95. The number of nitrogens with one attached hydrogen (secondary N) is 1. The number of amides is 2. The van der Waals surface area contributed by atoms with Crippen molar-refractivity contribution in [2.24, 2.45) is 0 Å². The van der Waals surface area contributed by atoms with Crippen LogP contribution in [0.1, 0.15) is 44.4 Å². The van der Waals surface area contributed by atoms with Crippen LogP contribution in [0.25, 0.3) is 0 Å². The minimum Gasteiger partial charge on any atom is -0.360 e. The van der Waals surface area contributed by atoms with Crippen molar-refractivity contribution in [1.82, 2.24) is 15.0 Å². The smallest absolute Gasteiger partial charge is 0.245 e. The zero-order chi connectivity index (χ0) is 21.2. The van der Waals surface area contributed by atoms with Crippen molar-refractivity contribution in [2.75, 3.05) is 38.0 Å². The maximum atomic E-state index is 13.3. The number of nitrogens with zero attached hydrogens (tertiary/aromatic N) is 3. The maximum absolute atomic E-state index is 13.3. The lowest BCUT2D eigenvalue weighted by molar-refractivity contribution is -0.136. The van der Waals surface area contributed by atoms with E-state index in [1.54, 1.807) is 17.9 Å². The van der Waals surface area contributed by atoms with Crippen molar-refractivity contribution >= 4 is 17.6 Å². The summed E-state index contributed by atoms with van der Waals surface area (Å²) in [6, 6.07) is 11.4. The molecule has 158 valence electrons. The van der Waals surface area contributed by atoms with Gasteiger partial charge in [0.15, 0.2) is 5.82 Å². The van der Waals surface area contributed by atoms with Gasteiger partial charge in [-0.25, -0.2) is 0 Å². The Morgan fingerprint density at radius 1 is 1.10 bits per heavy atom. The fourth-order valence-corrected chi connectivity index (χ4v) is 3.31. The molecule has 0 saturated heterocycles. The minimum absolute atomic E-state index is 0.0185. The molecular weight excluding hydrogens is 368 g/mol. The zero-order valence-corrected chi connectivity index (χ0v) is 17.9. The summed E-state index contributed by atoms with van der Waals surface area (Å²) in [6.07, 6.45) is 0.675. The standard InChI is InChI=1S/C22H32N4O3/c1-5-19(18-11-9-8-10-12-18)22(28)26(14-13-25(6-2)7-3)16-21(27)23-20-15-17(4)29-24-20/h8-12,15,19H,5-7,13-14,16H2,1-4H3,(H,23,24,27)/t19-/m0/s1. The van der Waals surface area contributed by atoms with Crippen molar-refractivity contribution in [1.29, 1.82) is 0 Å². The average molecular weight is 401 g/mol. The van der Waals surface area contributed by atoms with Gasteiger partial charge < -0.3 is 19.6 Å². The van der Waals surface area contributed by atoms with Crippen molar-refractivity contribution in [3.05, 3.63) is 47.7 Å². The Morgan fingerprint density at radius 2 is 1.79 bits per heavy atom. The molecule has 1 aromatic heterocycles. The third kappa shape index (κ3) is 6.71. The average Bonchev–Trinajstić information content (AvgIpc) is 3.13. The first-order valence-corrected chi connectivity index (χ1v) is 10.3. The molecule has 0 saturated carbocycles. The molecule has 0 aliphatic carbocycles. The zero-order valence-electron chi connectivity index (χ0n) is 17.9. The second kappa shape index (κ2) is 11.4. The van der Waals surface area contributed by atoms with Gasteiger partial charge in [-0.3, -0.25) is 9.59 Å². The maximum Gasteiger partial charge on any atom is 0.245 e. The SMILES string of the molecule is CC[C@H](C(=O)N(CCN(CC)CC)CC(=O)Nc1cc(C)on1)c1ccccc1. The predicted octanol–water partition coefficient (Wildman–Crippen LogP) is 3.29. The highest BCUT2D eigenvalue weighted by atomic mass is 16.5. The summed E-state index contributed by atoms with van der Waals surface area (Å²) in [4.78, 5) is 29.8. The summed E-state index contributed by atoms with van der Waals surface area (Å²) in [5.41, 5.74) is 0.973. The van der Waals surface area contributed by atoms with Crippen molar-refractivity contribution in [3.8, 4) is 0 Å². The van der Waals surface area contributed by atoms with Crippen LogP contribution in [0.2, 0.25) is 0 Å². The van der Waals surface area contributed by atoms with Gasteiger partial charge in [-0.2, -0.15) is 0 Å². The predicted molar refractivity (Wildman–Crippen MR) is 114 cm³/mol. The fraction of sp³-hybridized carbons (Fsp3) is 0.500. The van der Waals surface area contributed by atoms with Gasteiger partial charge in [0.1, 0.15) is 5.76 Å². The van der Waals surface area contributed by atoms with Crippen LogP contribution in [0.15, 0.2) is 40.9 Å². The van der Waals surface area contributed by atoms with Crippen LogP contribution in [0.4, 0.5) is 5.82 Å². The van der Waals surface area contributed by atoms with Crippen LogP contribution in [0.5, 0.6) is 0 Å². The molecule has 0 aliphatic rings. The van der Waals surface area contributed by atoms with Crippen LogP contribution in [0.3, 0.4) is 0 Å². The first-order chi connectivity index (χ1) is 14.0. The second-order valence-electron chi connectivity index (χ2n) is 7.03. The molecule has 2 rings (SSSR count). The van der Waals surface area contributed by atoms with Crippen LogP contribution in [0, 0.1) is 6.92 Å². The molecule has 0 bridgehead atoms. The molecule has 29 heavy (non-hydrogen) atoms. The van der Waals surface area contributed by atoms with Crippen LogP contribution >= 0.6 is 0 Å². The quantitative estimate of drug-likeness (QED) is 0.626. The number of aryl methyl sites for hydroxylation is 1. The number of hydrogen-bond donors (Lipinski definition) is 1. The number of carbonyl (C=O) groups excluding carboxylic acids is 2. The first-order valence-electron chi connectivity index (χ1n) is 10.3. The van der Waals surface area contributed by atoms with Gasteiger partial charge in [-0.05, 0) is 32.0 Å². The number of aromatic nitrogens is 1. The van der Waals surface area contributed by atoms with Gasteiger partial charge >= 0.3 is 0 Å². The van der Waals surface area contributed by atoms with Crippen molar-refractivity contribution in [3.63, 3.8) is 0 Å². The van der Waals surface area contributed by atoms with Gasteiger partial charge in [0.25, 0.3) is 0 Å².